The number of benzene rings is 1. The lowest BCUT2D eigenvalue weighted by Gasteiger charge is -2.10. The van der Waals surface area contributed by atoms with E-state index in [9.17, 15) is 14.0 Å². The Morgan fingerprint density at radius 1 is 1.11 bits per heavy atom. The Morgan fingerprint density at radius 2 is 1.81 bits per heavy atom. The van der Waals surface area contributed by atoms with Crippen LogP contribution >= 0.6 is 11.8 Å². The normalized spacial score (nSPS) is 10.4. The van der Waals surface area contributed by atoms with Crippen LogP contribution in [0.5, 0.6) is 0 Å². The van der Waals surface area contributed by atoms with Crippen LogP contribution in [0.2, 0.25) is 0 Å². The molecule has 0 saturated carbocycles. The number of pyridine rings is 1. The molecule has 0 atom stereocenters. The third-order valence-corrected chi connectivity index (χ3v) is 4.40. The molecule has 0 aliphatic heterocycles. The molecule has 2 aromatic heterocycles. The highest BCUT2D eigenvalue weighted by Gasteiger charge is 2.17. The first kappa shape index (κ1) is 18.5. The van der Waals surface area contributed by atoms with Gasteiger partial charge in [-0.05, 0) is 36.4 Å². The van der Waals surface area contributed by atoms with E-state index in [1.165, 1.54) is 19.2 Å². The molecule has 138 valence electrons. The van der Waals surface area contributed by atoms with E-state index in [1.54, 1.807) is 41.2 Å². The Morgan fingerprint density at radius 3 is 2.48 bits per heavy atom. The largest absolute Gasteiger partial charge is 0.341 e. The molecule has 3 aromatic rings. The van der Waals surface area contributed by atoms with Gasteiger partial charge in [-0.2, -0.15) is 0 Å². The van der Waals surface area contributed by atoms with Gasteiger partial charge in [0.1, 0.15) is 5.82 Å². The van der Waals surface area contributed by atoms with E-state index in [4.69, 9.17) is 0 Å². The highest BCUT2D eigenvalue weighted by atomic mass is 32.2. The van der Waals surface area contributed by atoms with Crippen molar-refractivity contribution in [3.05, 3.63) is 54.6 Å². The number of nitrogens with zero attached hydrogens (tertiary/aromatic N) is 4. The predicted octanol–water partition coefficient (Wildman–Crippen LogP) is 2.02. The Bertz CT molecular complexity index is 946. The third-order valence-electron chi connectivity index (χ3n) is 3.47. The zero-order valence-electron chi connectivity index (χ0n) is 14.2. The molecule has 0 fully saturated rings. The number of carbonyl (C=O) groups is 2. The monoisotopic (exact) mass is 386 g/mol. The number of amides is 3. The van der Waals surface area contributed by atoms with Crippen molar-refractivity contribution in [1.29, 1.82) is 0 Å². The molecule has 3 amide bonds. The second kappa shape index (κ2) is 8.41. The Labute approximate surface area is 158 Å². The van der Waals surface area contributed by atoms with Crippen LogP contribution in [0.4, 0.5) is 9.18 Å². The summed E-state index contributed by atoms with van der Waals surface area (Å²) in [5.41, 5.74) is 1.41. The highest BCUT2D eigenvalue weighted by molar-refractivity contribution is 7.99. The molecule has 27 heavy (non-hydrogen) atoms. The second-order valence-electron chi connectivity index (χ2n) is 5.27. The average Bonchev–Trinajstić information content (AvgIpc) is 3.11. The molecule has 8 nitrogen and oxygen atoms in total. The van der Waals surface area contributed by atoms with Crippen LogP contribution in [0.1, 0.15) is 0 Å². The number of imide groups is 1. The van der Waals surface area contributed by atoms with Crippen LogP contribution in [0.25, 0.3) is 17.1 Å². The lowest BCUT2D eigenvalue weighted by molar-refractivity contribution is -0.117. The summed E-state index contributed by atoms with van der Waals surface area (Å²) in [4.78, 5) is 27.0. The molecule has 2 heterocycles. The van der Waals surface area contributed by atoms with Crippen LogP contribution in [0.3, 0.4) is 0 Å². The summed E-state index contributed by atoms with van der Waals surface area (Å²) < 4.78 is 15.0. The number of thioether (sulfide) groups is 1. The molecule has 0 saturated heterocycles. The summed E-state index contributed by atoms with van der Waals surface area (Å²) in [5.74, 6) is -0.351. The molecule has 10 heteroatoms. The zero-order chi connectivity index (χ0) is 19.2. The van der Waals surface area contributed by atoms with E-state index in [2.05, 4.69) is 25.8 Å². The fourth-order valence-electron chi connectivity index (χ4n) is 2.23. The number of hydrogen-bond acceptors (Lipinski definition) is 6. The molecule has 0 unspecified atom stereocenters. The predicted molar refractivity (Wildman–Crippen MR) is 97.9 cm³/mol. The van der Waals surface area contributed by atoms with Gasteiger partial charge in [0.2, 0.25) is 5.91 Å². The summed E-state index contributed by atoms with van der Waals surface area (Å²) >= 11 is 1.11. The zero-order valence-corrected chi connectivity index (χ0v) is 15.0. The summed E-state index contributed by atoms with van der Waals surface area (Å²) in [7, 11) is 1.42. The van der Waals surface area contributed by atoms with Gasteiger partial charge in [0.05, 0.1) is 5.75 Å². The van der Waals surface area contributed by atoms with Crippen molar-refractivity contribution in [2.45, 2.75) is 5.16 Å². The van der Waals surface area contributed by atoms with Gasteiger partial charge in [0.15, 0.2) is 11.0 Å². The van der Waals surface area contributed by atoms with E-state index >= 15 is 0 Å². The van der Waals surface area contributed by atoms with Gasteiger partial charge < -0.3 is 5.32 Å². The molecule has 0 bridgehead atoms. The lowest BCUT2D eigenvalue weighted by atomic mass is 10.2. The summed E-state index contributed by atoms with van der Waals surface area (Å²) in [6, 6.07) is 8.82. The van der Waals surface area contributed by atoms with Gasteiger partial charge in [-0.3, -0.25) is 19.7 Å². The number of nitrogens with one attached hydrogen (secondary N) is 2. The van der Waals surface area contributed by atoms with Gasteiger partial charge in [-0.15, -0.1) is 10.2 Å². The van der Waals surface area contributed by atoms with Gasteiger partial charge >= 0.3 is 6.03 Å². The van der Waals surface area contributed by atoms with Crippen LogP contribution in [0.15, 0.2) is 53.9 Å². The van der Waals surface area contributed by atoms with Crippen molar-refractivity contribution in [2.75, 3.05) is 12.8 Å². The summed E-state index contributed by atoms with van der Waals surface area (Å²) in [6.07, 6.45) is 3.26. The number of hydrogen-bond donors (Lipinski definition) is 2. The highest BCUT2D eigenvalue weighted by Crippen LogP contribution is 2.27. The van der Waals surface area contributed by atoms with Gasteiger partial charge in [0.25, 0.3) is 0 Å². The maximum atomic E-state index is 13.3. The smallest absolute Gasteiger partial charge is 0.321 e. The minimum atomic E-state index is -0.585. The van der Waals surface area contributed by atoms with Crippen molar-refractivity contribution in [1.82, 2.24) is 30.4 Å². The van der Waals surface area contributed by atoms with Gasteiger partial charge in [-0.25, -0.2) is 9.18 Å². The first-order chi connectivity index (χ1) is 13.1. The molecule has 0 radical (unpaired) electrons. The Balaban J connectivity index is 1.92. The van der Waals surface area contributed by atoms with Gasteiger partial charge in [-0.1, -0.05) is 11.8 Å². The Hall–Kier alpha value is -3.27. The number of carbonyl (C=O) groups excluding carboxylic acids is 2. The maximum Gasteiger partial charge on any atom is 0.321 e. The number of aromatic nitrogens is 4. The molecular weight excluding hydrogens is 371 g/mol. The van der Waals surface area contributed by atoms with E-state index in [0.29, 0.717) is 16.7 Å². The van der Waals surface area contributed by atoms with E-state index < -0.39 is 11.9 Å². The van der Waals surface area contributed by atoms with Crippen molar-refractivity contribution in [3.63, 3.8) is 0 Å². The van der Waals surface area contributed by atoms with Gasteiger partial charge in [0, 0.05) is 30.7 Å². The molecular formula is C17H15FN6O2S. The van der Waals surface area contributed by atoms with E-state index in [1.807, 2.05) is 0 Å². The quantitative estimate of drug-likeness (QED) is 0.651. The molecule has 0 spiro atoms. The van der Waals surface area contributed by atoms with E-state index in [0.717, 1.165) is 17.3 Å². The fraction of sp³-hybridized carbons (Fsp3) is 0.118. The first-order valence-electron chi connectivity index (χ1n) is 7.84. The van der Waals surface area contributed by atoms with Crippen molar-refractivity contribution in [2.24, 2.45) is 0 Å². The average molecular weight is 386 g/mol. The minimum Gasteiger partial charge on any atom is -0.341 e. The number of urea groups is 1. The standard InChI is InChI=1S/C17H15FN6O2S/c1-19-16(26)21-14(25)10-27-17-23-22-15(11-6-8-20-9-7-11)24(17)13-4-2-12(18)3-5-13/h2-9H,10H2,1H3,(H2,19,21,25,26). The molecule has 3 rings (SSSR count). The van der Waals surface area contributed by atoms with Crippen molar-refractivity contribution < 1.29 is 14.0 Å². The van der Waals surface area contributed by atoms with Crippen molar-refractivity contribution in [3.8, 4) is 17.1 Å². The maximum absolute atomic E-state index is 13.3. The van der Waals surface area contributed by atoms with Crippen molar-refractivity contribution >= 4 is 23.7 Å². The summed E-state index contributed by atoms with van der Waals surface area (Å²) in [6.45, 7) is 0. The van der Waals surface area contributed by atoms with Crippen LogP contribution < -0.4 is 10.6 Å². The second-order valence-corrected chi connectivity index (χ2v) is 6.21. The molecule has 1 aromatic carbocycles. The van der Waals surface area contributed by atoms with Crippen LogP contribution in [-0.2, 0) is 4.79 Å². The molecule has 0 aliphatic carbocycles. The third kappa shape index (κ3) is 4.47. The van der Waals surface area contributed by atoms with E-state index in [-0.39, 0.29) is 11.6 Å². The molecule has 0 aliphatic rings. The van der Waals surface area contributed by atoms with Crippen LogP contribution in [0, 0.1) is 5.82 Å². The Kier molecular flexibility index (Phi) is 5.77. The summed E-state index contributed by atoms with van der Waals surface area (Å²) in [5, 5.41) is 13.3. The number of rotatable bonds is 5. The SMILES string of the molecule is CNC(=O)NC(=O)CSc1nnc(-c2ccncc2)n1-c1ccc(F)cc1. The molecule has 2 N–H and O–H groups in total. The first-order valence-corrected chi connectivity index (χ1v) is 8.83. The van der Waals surface area contributed by atoms with Crippen LogP contribution in [-0.4, -0.2) is 44.5 Å². The lowest BCUT2D eigenvalue weighted by Crippen LogP contribution is -2.38. The fourth-order valence-corrected chi connectivity index (χ4v) is 2.98. The topological polar surface area (TPSA) is 102 Å². The number of halogens is 1. The minimum absolute atomic E-state index is 0.0386.